The monoisotopic (exact) mass is 272 g/mol. The van der Waals surface area contributed by atoms with Crippen LogP contribution in [0.1, 0.15) is 5.56 Å². The lowest BCUT2D eigenvalue weighted by atomic mass is 10.1. The third kappa shape index (κ3) is 1.24. The number of benzene rings is 1. The van der Waals surface area contributed by atoms with Crippen molar-refractivity contribution in [3.05, 3.63) is 33.6 Å². The topological polar surface area (TPSA) is 51.2 Å². The third-order valence-electron chi connectivity index (χ3n) is 1.98. The van der Waals surface area contributed by atoms with Gasteiger partial charge < -0.3 is 0 Å². The summed E-state index contributed by atoms with van der Waals surface area (Å²) in [6.45, 7) is 0. The molecule has 0 fully saturated rings. The van der Waals surface area contributed by atoms with Gasteiger partial charge in [0.15, 0.2) is 6.29 Å². The van der Waals surface area contributed by atoms with Crippen molar-refractivity contribution < 1.29 is 13.2 Å². The molecule has 0 amide bonds. The molecule has 0 saturated heterocycles. The second-order valence-electron chi connectivity index (χ2n) is 2.85. The molecule has 1 aliphatic heterocycles. The Labute approximate surface area is 89.5 Å². The number of hydrogen-bond donors (Lipinski definition) is 0. The highest BCUT2D eigenvalue weighted by Crippen LogP contribution is 2.36. The van der Waals surface area contributed by atoms with Gasteiger partial charge in [-0.1, -0.05) is 22.0 Å². The molecular formula is C9H5BrO3S. The zero-order chi connectivity index (χ0) is 10.3. The number of rotatable bonds is 1. The Hall–Kier alpha value is -0.940. The number of carbonyl (C=O) groups is 1. The molecule has 2 rings (SSSR count). The zero-order valence-corrected chi connectivity index (χ0v) is 9.30. The van der Waals surface area contributed by atoms with E-state index in [9.17, 15) is 13.2 Å². The van der Waals surface area contributed by atoms with E-state index in [2.05, 4.69) is 15.9 Å². The van der Waals surface area contributed by atoms with E-state index in [0.717, 1.165) is 5.41 Å². The fourth-order valence-corrected chi connectivity index (χ4v) is 3.54. The maximum Gasteiger partial charge on any atom is 0.201 e. The second-order valence-corrected chi connectivity index (χ2v) is 5.47. The van der Waals surface area contributed by atoms with Crippen LogP contribution in [0.4, 0.5) is 0 Å². The molecule has 0 aliphatic carbocycles. The molecule has 72 valence electrons. The number of halogens is 1. The molecule has 1 aromatic carbocycles. The van der Waals surface area contributed by atoms with Gasteiger partial charge in [0, 0.05) is 21.0 Å². The van der Waals surface area contributed by atoms with E-state index in [1.54, 1.807) is 12.1 Å². The summed E-state index contributed by atoms with van der Waals surface area (Å²) in [5, 5.41) is 0.995. The summed E-state index contributed by atoms with van der Waals surface area (Å²) in [6, 6.07) is 4.82. The summed E-state index contributed by atoms with van der Waals surface area (Å²) < 4.78 is 23.7. The Morgan fingerprint density at radius 1 is 1.29 bits per heavy atom. The lowest BCUT2D eigenvalue weighted by Crippen LogP contribution is -1.93. The number of carbonyl (C=O) groups excluding carboxylic acids is 1. The van der Waals surface area contributed by atoms with Gasteiger partial charge in [-0.25, -0.2) is 8.42 Å². The van der Waals surface area contributed by atoms with Crippen LogP contribution < -0.4 is 0 Å². The molecule has 0 N–H and O–H groups in total. The summed E-state index contributed by atoms with van der Waals surface area (Å²) >= 11 is 3.22. The van der Waals surface area contributed by atoms with Gasteiger partial charge in [-0.2, -0.15) is 0 Å². The van der Waals surface area contributed by atoms with Crippen LogP contribution in [-0.2, 0) is 14.6 Å². The minimum atomic E-state index is -3.41. The molecule has 0 unspecified atom stereocenters. The van der Waals surface area contributed by atoms with Gasteiger partial charge >= 0.3 is 0 Å². The van der Waals surface area contributed by atoms with Gasteiger partial charge in [0.05, 0.1) is 4.90 Å². The average molecular weight is 273 g/mol. The molecule has 0 radical (unpaired) electrons. The molecule has 1 aliphatic rings. The van der Waals surface area contributed by atoms with E-state index in [4.69, 9.17) is 0 Å². The predicted molar refractivity (Wildman–Crippen MR) is 55.4 cm³/mol. The van der Waals surface area contributed by atoms with Crippen LogP contribution in [-0.4, -0.2) is 14.7 Å². The molecule has 1 heterocycles. The van der Waals surface area contributed by atoms with Crippen LogP contribution >= 0.6 is 15.9 Å². The van der Waals surface area contributed by atoms with Crippen LogP contribution in [0.5, 0.6) is 0 Å². The first-order valence-electron chi connectivity index (χ1n) is 3.77. The van der Waals surface area contributed by atoms with Crippen molar-refractivity contribution in [2.24, 2.45) is 0 Å². The normalized spacial score (nSPS) is 17.4. The minimum Gasteiger partial charge on any atom is -0.298 e. The maximum atomic E-state index is 11.5. The number of sulfone groups is 1. The van der Waals surface area contributed by atoms with Gasteiger partial charge in [-0.15, -0.1) is 0 Å². The van der Waals surface area contributed by atoms with Gasteiger partial charge in [0.1, 0.15) is 0 Å². The lowest BCUT2D eigenvalue weighted by Gasteiger charge is -2.01. The van der Waals surface area contributed by atoms with E-state index in [-0.39, 0.29) is 10.5 Å². The molecule has 0 aromatic heterocycles. The Kier molecular flexibility index (Phi) is 2.08. The minimum absolute atomic E-state index is 0.189. The number of hydrogen-bond acceptors (Lipinski definition) is 3. The fraction of sp³-hybridized carbons (Fsp3) is 0. The lowest BCUT2D eigenvalue weighted by molar-refractivity contribution is -0.103. The summed E-state index contributed by atoms with van der Waals surface area (Å²) in [5.41, 5.74) is 0.662. The maximum absolute atomic E-state index is 11.5. The van der Waals surface area contributed by atoms with Crippen LogP contribution in [0.25, 0.3) is 5.57 Å². The first-order valence-corrected chi connectivity index (χ1v) is 6.11. The second kappa shape index (κ2) is 3.03. The quantitative estimate of drug-likeness (QED) is 0.733. The van der Waals surface area contributed by atoms with Crippen LogP contribution in [0.15, 0.2) is 33.0 Å². The molecular weight excluding hydrogens is 268 g/mol. The van der Waals surface area contributed by atoms with Crippen molar-refractivity contribution in [2.45, 2.75) is 4.90 Å². The highest BCUT2D eigenvalue weighted by atomic mass is 79.9. The molecule has 1 aromatic rings. The van der Waals surface area contributed by atoms with Crippen LogP contribution in [0.3, 0.4) is 0 Å². The summed E-state index contributed by atoms with van der Waals surface area (Å²) in [5.74, 6) is 0. The van der Waals surface area contributed by atoms with E-state index >= 15 is 0 Å². The van der Waals surface area contributed by atoms with Gasteiger partial charge in [0.2, 0.25) is 9.84 Å². The smallest absolute Gasteiger partial charge is 0.201 e. The highest BCUT2D eigenvalue weighted by molar-refractivity contribution is 9.10. The van der Waals surface area contributed by atoms with Crippen molar-refractivity contribution >= 4 is 37.6 Å². The highest BCUT2D eigenvalue weighted by Gasteiger charge is 2.27. The van der Waals surface area contributed by atoms with E-state index in [1.807, 2.05) is 0 Å². The van der Waals surface area contributed by atoms with Gasteiger partial charge in [-0.05, 0) is 12.1 Å². The fourth-order valence-electron chi connectivity index (χ4n) is 1.40. The van der Waals surface area contributed by atoms with Crippen LogP contribution in [0.2, 0.25) is 0 Å². The number of aldehydes is 1. The third-order valence-corrected chi connectivity index (χ3v) is 4.16. The molecule has 0 atom stereocenters. The summed E-state index contributed by atoms with van der Waals surface area (Å²) in [6.07, 6.45) is 0.550. The molecule has 0 spiro atoms. The SMILES string of the molecule is O=CC1=CS(=O)(=O)c2cccc(Br)c21. The molecule has 0 saturated carbocycles. The molecule has 0 bridgehead atoms. The number of fused-ring (bicyclic) bond motifs is 1. The van der Waals surface area contributed by atoms with Crippen LogP contribution in [0, 0.1) is 0 Å². The average Bonchev–Trinajstić information content (AvgIpc) is 2.40. The molecule has 14 heavy (non-hydrogen) atoms. The Morgan fingerprint density at radius 3 is 2.64 bits per heavy atom. The van der Waals surface area contributed by atoms with E-state index < -0.39 is 9.84 Å². The Balaban J connectivity index is 2.89. The standard InChI is InChI=1S/C9H5BrO3S/c10-7-2-1-3-8-9(7)6(4-11)5-14(8,12)13/h1-5H. The first-order chi connectivity index (χ1) is 6.56. The van der Waals surface area contributed by atoms with E-state index in [1.165, 1.54) is 6.07 Å². The summed E-state index contributed by atoms with van der Waals surface area (Å²) in [4.78, 5) is 10.8. The molecule has 3 nitrogen and oxygen atoms in total. The van der Waals surface area contributed by atoms with Crippen molar-refractivity contribution in [1.29, 1.82) is 0 Å². The van der Waals surface area contributed by atoms with E-state index in [0.29, 0.717) is 16.3 Å². The largest absolute Gasteiger partial charge is 0.298 e. The predicted octanol–water partition coefficient (Wildman–Crippen LogP) is 1.78. The Bertz CT molecular complexity index is 543. The first kappa shape index (κ1) is 9.61. The zero-order valence-electron chi connectivity index (χ0n) is 6.90. The Morgan fingerprint density at radius 2 is 2.00 bits per heavy atom. The van der Waals surface area contributed by atoms with Crippen molar-refractivity contribution in [3.63, 3.8) is 0 Å². The number of allylic oxidation sites excluding steroid dienone is 1. The van der Waals surface area contributed by atoms with Gasteiger partial charge in [0.25, 0.3) is 0 Å². The van der Waals surface area contributed by atoms with Gasteiger partial charge in [-0.3, -0.25) is 4.79 Å². The van der Waals surface area contributed by atoms with Crippen molar-refractivity contribution in [1.82, 2.24) is 0 Å². The van der Waals surface area contributed by atoms with Crippen molar-refractivity contribution in [2.75, 3.05) is 0 Å². The van der Waals surface area contributed by atoms with Crippen molar-refractivity contribution in [3.8, 4) is 0 Å². The molecule has 5 heteroatoms. The summed E-state index contributed by atoms with van der Waals surface area (Å²) in [7, 11) is -3.41.